The Morgan fingerprint density at radius 2 is 1.85 bits per heavy atom. The van der Waals surface area contributed by atoms with Crippen molar-refractivity contribution in [1.29, 1.82) is 0 Å². The second kappa shape index (κ2) is 9.20. The summed E-state index contributed by atoms with van der Waals surface area (Å²) < 4.78 is 51.8. The number of carbonyl (C=O) groups excluding carboxylic acids is 1. The normalized spacial score (nSPS) is 11.6. The highest BCUT2D eigenvalue weighted by Gasteiger charge is 2.41. The zero-order valence-electron chi connectivity index (χ0n) is 14.8. The van der Waals surface area contributed by atoms with E-state index in [9.17, 15) is 18.0 Å². The van der Waals surface area contributed by atoms with Gasteiger partial charge in [-0.15, -0.1) is 0 Å². The minimum Gasteiger partial charge on any atom is -0.383 e. The molecule has 1 aromatic heterocycles. The highest BCUT2D eigenvalue weighted by atomic mass is 35.5. The quantitative estimate of drug-likeness (QED) is 0.676. The molecule has 10 heteroatoms. The summed E-state index contributed by atoms with van der Waals surface area (Å²) in [4.78, 5) is 14.0. The van der Waals surface area contributed by atoms with Gasteiger partial charge < -0.3 is 14.4 Å². The molecule has 0 unspecified atom stereocenters. The van der Waals surface area contributed by atoms with Gasteiger partial charge in [0, 0.05) is 32.3 Å². The predicted molar refractivity (Wildman–Crippen MR) is 93.2 cm³/mol. The van der Waals surface area contributed by atoms with E-state index in [1.165, 1.54) is 43.4 Å². The molecule has 0 radical (unpaired) electrons. The summed E-state index contributed by atoms with van der Waals surface area (Å²) in [5.41, 5.74) is -1.60. The van der Waals surface area contributed by atoms with E-state index in [1.54, 1.807) is 0 Å². The molecule has 1 heterocycles. The molecule has 0 bridgehead atoms. The van der Waals surface area contributed by atoms with Crippen LogP contribution in [0.15, 0.2) is 30.5 Å². The first-order valence-electron chi connectivity index (χ1n) is 7.98. The predicted octanol–water partition coefficient (Wildman–Crippen LogP) is 3.28. The second-order valence-corrected chi connectivity index (χ2v) is 6.01. The van der Waals surface area contributed by atoms with Crippen molar-refractivity contribution in [3.8, 4) is 5.69 Å². The van der Waals surface area contributed by atoms with Gasteiger partial charge in [-0.2, -0.15) is 18.3 Å². The third-order valence-electron chi connectivity index (χ3n) is 3.74. The van der Waals surface area contributed by atoms with Gasteiger partial charge in [-0.05, 0) is 18.2 Å². The monoisotopic (exact) mass is 405 g/mol. The molecule has 0 aliphatic heterocycles. The van der Waals surface area contributed by atoms with E-state index in [-0.39, 0.29) is 37.0 Å². The van der Waals surface area contributed by atoms with Crippen LogP contribution in [0.2, 0.25) is 5.02 Å². The Morgan fingerprint density at radius 3 is 2.37 bits per heavy atom. The molecule has 148 valence electrons. The van der Waals surface area contributed by atoms with Gasteiger partial charge in [-0.3, -0.25) is 4.79 Å². The Kier molecular flexibility index (Phi) is 7.23. The Morgan fingerprint density at radius 1 is 1.22 bits per heavy atom. The summed E-state index contributed by atoms with van der Waals surface area (Å²) in [7, 11) is 2.88. The number of aromatic nitrogens is 2. The Bertz CT molecular complexity index is 772. The number of hydrogen-bond acceptors (Lipinski definition) is 4. The number of amides is 1. The highest BCUT2D eigenvalue weighted by molar-refractivity contribution is 6.30. The Labute approximate surface area is 159 Å². The number of ether oxygens (including phenoxy) is 2. The van der Waals surface area contributed by atoms with E-state index in [0.29, 0.717) is 4.68 Å². The molecule has 0 aliphatic carbocycles. The number of methoxy groups -OCH3 is 2. The van der Waals surface area contributed by atoms with Crippen LogP contribution in [0.3, 0.4) is 0 Å². The smallest absolute Gasteiger partial charge is 0.383 e. The van der Waals surface area contributed by atoms with Crippen molar-refractivity contribution < 1.29 is 27.4 Å². The zero-order valence-corrected chi connectivity index (χ0v) is 15.5. The van der Waals surface area contributed by atoms with Crippen molar-refractivity contribution in [2.45, 2.75) is 6.18 Å². The fourth-order valence-electron chi connectivity index (χ4n) is 2.47. The molecule has 1 amide bonds. The van der Waals surface area contributed by atoms with Crippen molar-refractivity contribution in [1.82, 2.24) is 14.7 Å². The van der Waals surface area contributed by atoms with Crippen molar-refractivity contribution in [3.63, 3.8) is 0 Å². The lowest BCUT2D eigenvalue weighted by molar-refractivity contribution is -0.143. The molecular formula is C17H19ClF3N3O3. The van der Waals surface area contributed by atoms with Crippen LogP contribution in [-0.4, -0.2) is 61.1 Å². The second-order valence-electron chi connectivity index (χ2n) is 5.57. The lowest BCUT2D eigenvalue weighted by atomic mass is 10.2. The number of alkyl halides is 3. The molecule has 0 saturated heterocycles. The zero-order chi connectivity index (χ0) is 20.0. The van der Waals surface area contributed by atoms with Gasteiger partial charge in [0.15, 0.2) is 5.69 Å². The van der Waals surface area contributed by atoms with E-state index < -0.39 is 23.3 Å². The highest BCUT2D eigenvalue weighted by Crippen LogP contribution is 2.34. The molecule has 6 nitrogen and oxygen atoms in total. The minimum absolute atomic E-state index is 0.106. The van der Waals surface area contributed by atoms with E-state index in [4.69, 9.17) is 21.1 Å². The average Bonchev–Trinajstić information content (AvgIpc) is 3.07. The molecule has 0 saturated carbocycles. The molecule has 0 N–H and O–H groups in total. The van der Waals surface area contributed by atoms with Crippen molar-refractivity contribution >= 4 is 17.5 Å². The summed E-state index contributed by atoms with van der Waals surface area (Å²) in [6.45, 7) is 0.606. The van der Waals surface area contributed by atoms with Crippen LogP contribution in [0.4, 0.5) is 13.2 Å². The van der Waals surface area contributed by atoms with E-state index in [1.807, 2.05) is 0 Å². The maximum Gasteiger partial charge on any atom is 0.434 e. The standard InChI is InChI=1S/C17H19ClF3N3O3/c1-26-8-6-23(7-9-27-2)16(25)14-11-22-24(15(14)17(19,20)21)13-5-3-4-12(18)10-13/h3-5,10-11H,6-9H2,1-2H3. The largest absolute Gasteiger partial charge is 0.434 e. The molecule has 2 rings (SSSR count). The van der Waals surface area contributed by atoms with Gasteiger partial charge in [0.05, 0.1) is 30.7 Å². The van der Waals surface area contributed by atoms with Crippen LogP contribution < -0.4 is 0 Å². The number of halogens is 4. The third-order valence-corrected chi connectivity index (χ3v) is 3.97. The lowest BCUT2D eigenvalue weighted by Crippen LogP contribution is -2.37. The molecule has 2 aromatic rings. The van der Waals surface area contributed by atoms with Crippen LogP contribution in [-0.2, 0) is 15.7 Å². The first-order valence-corrected chi connectivity index (χ1v) is 8.35. The van der Waals surface area contributed by atoms with Gasteiger partial charge >= 0.3 is 6.18 Å². The summed E-state index contributed by atoms with van der Waals surface area (Å²) in [5.74, 6) is -0.801. The van der Waals surface area contributed by atoms with Crippen LogP contribution in [0, 0.1) is 0 Å². The molecular weight excluding hydrogens is 387 g/mol. The van der Waals surface area contributed by atoms with E-state index in [2.05, 4.69) is 5.10 Å². The number of rotatable bonds is 8. The fraction of sp³-hybridized carbons (Fsp3) is 0.412. The number of nitrogens with zero attached hydrogens (tertiary/aromatic N) is 3. The summed E-state index contributed by atoms with van der Waals surface area (Å²) in [6.07, 6.45) is -3.88. The molecule has 0 spiro atoms. The van der Waals surface area contributed by atoms with Crippen LogP contribution in [0.5, 0.6) is 0 Å². The minimum atomic E-state index is -4.79. The van der Waals surface area contributed by atoms with Gasteiger partial charge in [-0.25, -0.2) is 4.68 Å². The maximum atomic E-state index is 13.7. The Balaban J connectivity index is 2.47. The van der Waals surface area contributed by atoms with E-state index in [0.717, 1.165) is 6.20 Å². The number of hydrogen-bond donors (Lipinski definition) is 0. The summed E-state index contributed by atoms with van der Waals surface area (Å²) in [6, 6.07) is 5.80. The molecule has 27 heavy (non-hydrogen) atoms. The molecule has 1 aromatic carbocycles. The van der Waals surface area contributed by atoms with Crippen molar-refractivity contribution in [2.24, 2.45) is 0 Å². The summed E-state index contributed by atoms with van der Waals surface area (Å²) >= 11 is 5.87. The first-order chi connectivity index (χ1) is 12.8. The number of carbonyl (C=O) groups is 1. The fourth-order valence-corrected chi connectivity index (χ4v) is 2.65. The summed E-state index contributed by atoms with van der Waals surface area (Å²) in [5, 5.41) is 4.04. The maximum absolute atomic E-state index is 13.7. The average molecular weight is 406 g/mol. The van der Waals surface area contributed by atoms with Crippen LogP contribution in [0.1, 0.15) is 16.1 Å². The van der Waals surface area contributed by atoms with Gasteiger partial charge in [0.1, 0.15) is 0 Å². The molecule has 0 aliphatic rings. The SMILES string of the molecule is COCCN(CCOC)C(=O)c1cnn(-c2cccc(Cl)c2)c1C(F)(F)F. The van der Waals surface area contributed by atoms with Crippen LogP contribution >= 0.6 is 11.6 Å². The molecule has 0 fully saturated rings. The lowest BCUT2D eigenvalue weighted by Gasteiger charge is -2.22. The van der Waals surface area contributed by atoms with Gasteiger partial charge in [0.25, 0.3) is 5.91 Å². The van der Waals surface area contributed by atoms with Crippen LogP contribution in [0.25, 0.3) is 5.69 Å². The van der Waals surface area contributed by atoms with Crippen molar-refractivity contribution in [3.05, 3.63) is 46.7 Å². The first kappa shape index (κ1) is 21.2. The van der Waals surface area contributed by atoms with Crippen molar-refractivity contribution in [2.75, 3.05) is 40.5 Å². The number of benzene rings is 1. The molecule has 0 atom stereocenters. The Hall–Kier alpha value is -2.10. The third kappa shape index (κ3) is 5.21. The topological polar surface area (TPSA) is 56.6 Å². The van der Waals surface area contributed by atoms with Gasteiger partial charge in [0.2, 0.25) is 0 Å². The van der Waals surface area contributed by atoms with E-state index >= 15 is 0 Å². The van der Waals surface area contributed by atoms with Gasteiger partial charge in [-0.1, -0.05) is 17.7 Å².